The molecule has 4 aromatic rings. The third kappa shape index (κ3) is 4.53. The molecule has 8 nitrogen and oxygen atoms in total. The lowest BCUT2D eigenvalue weighted by atomic mass is 10.0. The lowest BCUT2D eigenvalue weighted by Crippen LogP contribution is -2.44. The van der Waals surface area contributed by atoms with E-state index in [1.807, 2.05) is 42.9 Å². The van der Waals surface area contributed by atoms with Crippen molar-refractivity contribution in [3.05, 3.63) is 66.6 Å². The average molecular weight is 453 g/mol. The largest absolute Gasteiger partial charge is 0.354 e. The van der Waals surface area contributed by atoms with E-state index in [0.717, 1.165) is 71.1 Å². The van der Waals surface area contributed by atoms with E-state index in [2.05, 4.69) is 73.9 Å². The number of hydrogen-bond acceptors (Lipinski definition) is 5. The minimum absolute atomic E-state index is 0.426. The Hall–Kier alpha value is -4.04. The van der Waals surface area contributed by atoms with Crippen molar-refractivity contribution in [3.63, 3.8) is 0 Å². The summed E-state index contributed by atoms with van der Waals surface area (Å²) in [6.45, 7) is 9.74. The van der Waals surface area contributed by atoms with Crippen molar-refractivity contribution in [3.8, 4) is 11.1 Å². The number of rotatable bonds is 4. The third-order valence-corrected chi connectivity index (χ3v) is 6.22. The van der Waals surface area contributed by atoms with Crippen LogP contribution in [0.3, 0.4) is 0 Å². The Morgan fingerprint density at radius 3 is 2.74 bits per heavy atom. The Bertz CT molecular complexity index is 1350. The average Bonchev–Trinajstić information content (AvgIpc) is 3.23. The number of nitrogens with zero attached hydrogens (tertiary/aromatic N) is 6. The summed E-state index contributed by atoms with van der Waals surface area (Å²) in [5.41, 5.74) is 5.10. The van der Waals surface area contributed by atoms with E-state index in [0.29, 0.717) is 5.96 Å². The molecule has 3 aromatic heterocycles. The molecule has 8 heteroatoms. The van der Waals surface area contributed by atoms with Crippen LogP contribution in [-0.2, 0) is 0 Å². The predicted octanol–water partition coefficient (Wildman–Crippen LogP) is 4.49. The van der Waals surface area contributed by atoms with Crippen molar-refractivity contribution >= 4 is 40.9 Å². The molecule has 0 unspecified atom stereocenters. The fraction of sp³-hybridized carbons (Fsp3) is 0.231. The first-order valence-corrected chi connectivity index (χ1v) is 11.4. The Kier molecular flexibility index (Phi) is 6.05. The number of guanidine groups is 1. The van der Waals surface area contributed by atoms with Crippen molar-refractivity contribution in [1.29, 1.82) is 0 Å². The fourth-order valence-corrected chi connectivity index (χ4v) is 4.19. The number of H-pyrrole nitrogens is 1. The van der Waals surface area contributed by atoms with E-state index < -0.39 is 0 Å². The van der Waals surface area contributed by atoms with Crippen LogP contribution >= 0.6 is 0 Å². The van der Waals surface area contributed by atoms with E-state index in [1.54, 1.807) is 0 Å². The van der Waals surface area contributed by atoms with Crippen LogP contribution in [0, 0.1) is 6.92 Å². The molecule has 0 amide bonds. The standard InChI is InChI=1S/C26H28N8/c1-18-22(19-6-7-23-20(15-19)5-4-9-28-23)17-30-25(18)32-26(27-2)31-21-8-10-29-24(16-21)34-13-11-33(3)12-14-34/h4-10,15-17,30H,2,11-14H2,1,3H3,(H,29,31,32). The molecule has 0 saturated carbocycles. The van der Waals surface area contributed by atoms with Gasteiger partial charge in [-0.1, -0.05) is 12.1 Å². The number of nitrogens with one attached hydrogen (secondary N) is 2. The Morgan fingerprint density at radius 2 is 1.91 bits per heavy atom. The highest BCUT2D eigenvalue weighted by atomic mass is 15.3. The summed E-state index contributed by atoms with van der Waals surface area (Å²) in [6, 6.07) is 14.2. The van der Waals surface area contributed by atoms with Gasteiger partial charge in [0.25, 0.3) is 0 Å². The second-order valence-electron chi connectivity index (χ2n) is 8.50. The molecule has 1 aromatic carbocycles. The van der Waals surface area contributed by atoms with Crippen molar-refractivity contribution in [2.45, 2.75) is 6.92 Å². The van der Waals surface area contributed by atoms with Crippen LogP contribution < -0.4 is 10.2 Å². The minimum atomic E-state index is 0.426. The minimum Gasteiger partial charge on any atom is -0.354 e. The van der Waals surface area contributed by atoms with Crippen molar-refractivity contribution in [2.24, 2.45) is 9.98 Å². The summed E-state index contributed by atoms with van der Waals surface area (Å²) in [7, 11) is 2.15. The first-order valence-electron chi connectivity index (χ1n) is 11.4. The quantitative estimate of drug-likeness (QED) is 0.352. The SMILES string of the molecule is C=N/C(=N\c1[nH]cc(-c2ccc3ncccc3c2)c1C)Nc1ccnc(N2CCN(C)CC2)c1. The molecule has 1 fully saturated rings. The molecule has 5 rings (SSSR count). The van der Waals surface area contributed by atoms with Gasteiger partial charge in [-0.3, -0.25) is 4.98 Å². The topological polar surface area (TPSA) is 84.8 Å². The normalized spacial score (nSPS) is 15.0. The number of likely N-dealkylation sites (N-methyl/N-ethyl adjacent to an activating group) is 1. The van der Waals surface area contributed by atoms with Gasteiger partial charge in [-0.25, -0.2) is 9.98 Å². The van der Waals surface area contributed by atoms with Crippen molar-refractivity contribution in [2.75, 3.05) is 43.4 Å². The summed E-state index contributed by atoms with van der Waals surface area (Å²) >= 11 is 0. The number of pyridine rings is 2. The number of hydrogen-bond donors (Lipinski definition) is 2. The van der Waals surface area contributed by atoms with E-state index >= 15 is 0 Å². The molecule has 1 saturated heterocycles. The molecule has 172 valence electrons. The highest BCUT2D eigenvalue weighted by Gasteiger charge is 2.16. The van der Waals surface area contributed by atoms with Gasteiger partial charge in [0.15, 0.2) is 0 Å². The molecule has 0 spiro atoms. The summed E-state index contributed by atoms with van der Waals surface area (Å²) in [5, 5.41) is 4.39. The molecule has 1 aliphatic rings. The molecule has 0 aliphatic carbocycles. The second-order valence-corrected chi connectivity index (χ2v) is 8.50. The third-order valence-electron chi connectivity index (χ3n) is 6.22. The van der Waals surface area contributed by atoms with Gasteiger partial charge in [0.05, 0.1) is 5.52 Å². The number of aliphatic imine (C=N–C) groups is 2. The number of benzene rings is 1. The number of aromatic amines is 1. The molecule has 34 heavy (non-hydrogen) atoms. The Morgan fingerprint density at radius 1 is 1.06 bits per heavy atom. The van der Waals surface area contributed by atoms with Crippen LogP contribution in [0.5, 0.6) is 0 Å². The van der Waals surface area contributed by atoms with Gasteiger partial charge in [0.1, 0.15) is 11.6 Å². The molecule has 0 atom stereocenters. The zero-order valence-electron chi connectivity index (χ0n) is 19.5. The molecular formula is C26H28N8. The molecular weight excluding hydrogens is 424 g/mol. The summed E-state index contributed by atoms with van der Waals surface area (Å²) < 4.78 is 0. The van der Waals surface area contributed by atoms with Gasteiger partial charge in [0, 0.05) is 73.0 Å². The monoisotopic (exact) mass is 452 g/mol. The van der Waals surface area contributed by atoms with Gasteiger partial charge < -0.3 is 20.1 Å². The first-order chi connectivity index (χ1) is 16.6. The number of anilines is 2. The molecule has 4 heterocycles. The van der Waals surface area contributed by atoms with E-state index in [1.165, 1.54) is 0 Å². The van der Waals surface area contributed by atoms with E-state index in [4.69, 9.17) is 4.99 Å². The van der Waals surface area contributed by atoms with Crippen LogP contribution in [0.2, 0.25) is 0 Å². The number of fused-ring (bicyclic) bond motifs is 1. The fourth-order valence-electron chi connectivity index (χ4n) is 4.19. The maximum absolute atomic E-state index is 4.70. The van der Waals surface area contributed by atoms with Gasteiger partial charge in [-0.05, 0) is 50.5 Å². The van der Waals surface area contributed by atoms with Gasteiger partial charge in [-0.2, -0.15) is 4.99 Å². The zero-order chi connectivity index (χ0) is 23.5. The first kappa shape index (κ1) is 21.8. The van der Waals surface area contributed by atoms with Crippen LogP contribution in [-0.4, -0.2) is 65.8 Å². The van der Waals surface area contributed by atoms with Gasteiger partial charge in [0.2, 0.25) is 5.96 Å². The number of piperazine rings is 1. The smallest absolute Gasteiger partial charge is 0.228 e. The van der Waals surface area contributed by atoms with Gasteiger partial charge >= 0.3 is 0 Å². The van der Waals surface area contributed by atoms with Crippen LogP contribution in [0.4, 0.5) is 17.3 Å². The predicted molar refractivity (Wildman–Crippen MR) is 140 cm³/mol. The molecule has 2 N–H and O–H groups in total. The van der Waals surface area contributed by atoms with E-state index in [-0.39, 0.29) is 0 Å². The highest BCUT2D eigenvalue weighted by molar-refractivity contribution is 5.98. The highest BCUT2D eigenvalue weighted by Crippen LogP contribution is 2.32. The lowest BCUT2D eigenvalue weighted by Gasteiger charge is -2.33. The van der Waals surface area contributed by atoms with Crippen LogP contribution in [0.25, 0.3) is 22.0 Å². The van der Waals surface area contributed by atoms with Gasteiger partial charge in [-0.15, -0.1) is 0 Å². The lowest BCUT2D eigenvalue weighted by molar-refractivity contribution is 0.312. The van der Waals surface area contributed by atoms with E-state index in [9.17, 15) is 0 Å². The maximum Gasteiger partial charge on any atom is 0.228 e. The maximum atomic E-state index is 4.70. The number of aromatic nitrogens is 3. The molecule has 0 bridgehead atoms. The Labute approximate surface area is 199 Å². The molecule has 1 aliphatic heterocycles. The van der Waals surface area contributed by atoms with Crippen molar-refractivity contribution < 1.29 is 0 Å². The summed E-state index contributed by atoms with van der Waals surface area (Å²) in [4.78, 5) is 25.7. The summed E-state index contributed by atoms with van der Waals surface area (Å²) in [5.74, 6) is 2.12. The Balaban J connectivity index is 1.37. The molecule has 0 radical (unpaired) electrons. The van der Waals surface area contributed by atoms with Crippen LogP contribution in [0.15, 0.2) is 71.0 Å². The summed E-state index contributed by atoms with van der Waals surface area (Å²) in [6.07, 6.45) is 5.59. The van der Waals surface area contributed by atoms with Crippen LogP contribution in [0.1, 0.15) is 5.56 Å². The second kappa shape index (κ2) is 9.44. The zero-order valence-corrected chi connectivity index (χ0v) is 19.5. The van der Waals surface area contributed by atoms with Crippen molar-refractivity contribution in [1.82, 2.24) is 19.9 Å².